The number of hydrogen-bond donors (Lipinski definition) is 2. The van der Waals surface area contributed by atoms with Crippen molar-refractivity contribution in [3.05, 3.63) is 63.4 Å². The van der Waals surface area contributed by atoms with Crippen LogP contribution < -0.4 is 11.1 Å². The number of anilines is 1. The molecule has 0 fully saturated rings. The minimum atomic E-state index is -0.540. The van der Waals surface area contributed by atoms with E-state index in [1.807, 2.05) is 0 Å². The Bertz CT molecular complexity index is 662. The van der Waals surface area contributed by atoms with Crippen LogP contribution >= 0.6 is 23.2 Å². The number of primary amides is 1. The van der Waals surface area contributed by atoms with Crippen LogP contribution in [0, 0.1) is 5.82 Å². The van der Waals surface area contributed by atoms with Crippen LogP contribution in [0.3, 0.4) is 0 Å². The Morgan fingerprint density at radius 3 is 2.50 bits per heavy atom. The van der Waals surface area contributed by atoms with Gasteiger partial charge in [0, 0.05) is 12.1 Å². The van der Waals surface area contributed by atoms with Crippen LogP contribution in [0.4, 0.5) is 10.1 Å². The van der Waals surface area contributed by atoms with Gasteiger partial charge in [0.2, 0.25) is 5.91 Å². The summed E-state index contributed by atoms with van der Waals surface area (Å²) in [4.78, 5) is 11.1. The highest BCUT2D eigenvalue weighted by molar-refractivity contribution is 6.33. The third kappa shape index (κ3) is 3.40. The molecule has 1 amide bonds. The lowest BCUT2D eigenvalue weighted by molar-refractivity contribution is 0.100. The lowest BCUT2D eigenvalue weighted by Crippen LogP contribution is -2.11. The normalized spacial score (nSPS) is 10.3. The largest absolute Gasteiger partial charge is 0.380 e. The van der Waals surface area contributed by atoms with E-state index < -0.39 is 11.7 Å². The highest BCUT2D eigenvalue weighted by atomic mass is 35.5. The Hall–Kier alpha value is -1.78. The van der Waals surface area contributed by atoms with Gasteiger partial charge in [0.15, 0.2) is 0 Å². The molecule has 0 aliphatic heterocycles. The smallest absolute Gasteiger partial charge is 0.248 e. The van der Waals surface area contributed by atoms with E-state index in [2.05, 4.69) is 5.32 Å². The highest BCUT2D eigenvalue weighted by Gasteiger charge is 2.06. The summed E-state index contributed by atoms with van der Waals surface area (Å²) in [6.07, 6.45) is 0. The average Bonchev–Trinajstić information content (AvgIpc) is 2.41. The predicted molar refractivity (Wildman–Crippen MR) is 78.7 cm³/mol. The van der Waals surface area contributed by atoms with E-state index in [1.54, 1.807) is 18.2 Å². The van der Waals surface area contributed by atoms with Crippen LogP contribution in [-0.4, -0.2) is 5.91 Å². The maximum absolute atomic E-state index is 13.3. The topological polar surface area (TPSA) is 55.1 Å². The van der Waals surface area contributed by atoms with Gasteiger partial charge in [0.25, 0.3) is 0 Å². The molecule has 0 heterocycles. The molecule has 20 heavy (non-hydrogen) atoms. The second kappa shape index (κ2) is 6.11. The van der Waals surface area contributed by atoms with E-state index in [-0.39, 0.29) is 5.02 Å². The second-order valence-corrected chi connectivity index (χ2v) is 4.98. The Balaban J connectivity index is 2.15. The Morgan fingerprint density at radius 1 is 1.15 bits per heavy atom. The summed E-state index contributed by atoms with van der Waals surface area (Å²) in [5.41, 5.74) is 6.80. The summed E-state index contributed by atoms with van der Waals surface area (Å²) in [5.74, 6) is -1.02. The van der Waals surface area contributed by atoms with Gasteiger partial charge < -0.3 is 11.1 Å². The number of amides is 1. The summed E-state index contributed by atoms with van der Waals surface area (Å²) < 4.78 is 13.3. The number of hydrogen-bond acceptors (Lipinski definition) is 2. The maximum atomic E-state index is 13.3. The molecule has 2 aromatic carbocycles. The van der Waals surface area contributed by atoms with E-state index in [9.17, 15) is 9.18 Å². The van der Waals surface area contributed by atoms with Crippen LogP contribution in [0.2, 0.25) is 10.0 Å². The summed E-state index contributed by atoms with van der Waals surface area (Å²) in [5, 5.41) is 3.54. The molecule has 0 saturated heterocycles. The van der Waals surface area contributed by atoms with E-state index >= 15 is 0 Å². The highest BCUT2D eigenvalue weighted by Crippen LogP contribution is 2.24. The van der Waals surface area contributed by atoms with Crippen molar-refractivity contribution in [2.45, 2.75) is 6.54 Å². The van der Waals surface area contributed by atoms with Crippen molar-refractivity contribution in [2.75, 3.05) is 5.32 Å². The number of nitrogens with two attached hydrogens (primary N) is 1. The first kappa shape index (κ1) is 14.6. The second-order valence-electron chi connectivity index (χ2n) is 4.16. The van der Waals surface area contributed by atoms with Crippen LogP contribution in [0.15, 0.2) is 36.4 Å². The van der Waals surface area contributed by atoms with Gasteiger partial charge >= 0.3 is 0 Å². The maximum Gasteiger partial charge on any atom is 0.248 e. The van der Waals surface area contributed by atoms with Gasteiger partial charge in [-0.3, -0.25) is 4.79 Å². The number of benzene rings is 2. The van der Waals surface area contributed by atoms with E-state index in [0.717, 1.165) is 0 Å². The molecule has 0 atom stereocenters. The molecule has 0 aliphatic rings. The van der Waals surface area contributed by atoms with E-state index in [1.165, 1.54) is 18.2 Å². The van der Waals surface area contributed by atoms with Gasteiger partial charge in [-0.1, -0.05) is 29.3 Å². The molecule has 0 bridgehead atoms. The molecule has 3 nitrogen and oxygen atoms in total. The molecule has 0 unspecified atom stereocenters. The van der Waals surface area contributed by atoms with Crippen LogP contribution in [-0.2, 0) is 6.54 Å². The Kier molecular flexibility index (Phi) is 4.47. The molecule has 2 rings (SSSR count). The lowest BCUT2D eigenvalue weighted by Gasteiger charge is -2.10. The molecular formula is C14H11Cl2FN2O. The SMILES string of the molecule is NC(=O)c1ccc(Cl)c(NCc2ccc(Cl)c(F)c2)c1. The number of carbonyl (C=O) groups is 1. The number of carbonyl (C=O) groups excluding carboxylic acids is 1. The summed E-state index contributed by atoms with van der Waals surface area (Å²) in [7, 11) is 0. The standard InChI is InChI=1S/C14H11Cl2FN2O/c15-10-3-1-8(5-12(10)17)7-19-13-6-9(14(18)20)2-4-11(13)16/h1-6,19H,7H2,(H2,18,20). The molecule has 0 spiro atoms. The van der Waals surface area contributed by atoms with Crippen LogP contribution in [0.25, 0.3) is 0 Å². The lowest BCUT2D eigenvalue weighted by atomic mass is 10.1. The van der Waals surface area contributed by atoms with Crippen molar-refractivity contribution in [2.24, 2.45) is 5.73 Å². The summed E-state index contributed by atoms with van der Waals surface area (Å²) >= 11 is 11.6. The van der Waals surface area contributed by atoms with Gasteiger partial charge in [-0.15, -0.1) is 0 Å². The minimum absolute atomic E-state index is 0.0718. The van der Waals surface area contributed by atoms with Crippen molar-refractivity contribution in [1.29, 1.82) is 0 Å². The first-order valence-corrected chi connectivity index (χ1v) is 6.50. The molecule has 2 aromatic rings. The quantitative estimate of drug-likeness (QED) is 0.901. The van der Waals surface area contributed by atoms with Crippen LogP contribution in [0.5, 0.6) is 0 Å². The van der Waals surface area contributed by atoms with Crippen molar-refractivity contribution in [3.8, 4) is 0 Å². The van der Waals surface area contributed by atoms with Crippen molar-refractivity contribution in [1.82, 2.24) is 0 Å². The number of halogens is 3. The van der Waals surface area contributed by atoms with Gasteiger partial charge in [-0.05, 0) is 35.9 Å². The molecule has 3 N–H and O–H groups in total. The molecule has 0 saturated carbocycles. The Morgan fingerprint density at radius 2 is 1.85 bits per heavy atom. The third-order valence-electron chi connectivity index (χ3n) is 2.72. The summed E-state index contributed by atoms with van der Waals surface area (Å²) in [6.45, 7) is 0.343. The predicted octanol–water partition coefficient (Wildman–Crippen LogP) is 3.84. The fourth-order valence-corrected chi connectivity index (χ4v) is 1.96. The minimum Gasteiger partial charge on any atom is -0.380 e. The van der Waals surface area contributed by atoms with Gasteiger partial charge in [-0.2, -0.15) is 0 Å². The van der Waals surface area contributed by atoms with Gasteiger partial charge in [0.1, 0.15) is 5.82 Å². The zero-order valence-corrected chi connectivity index (χ0v) is 11.8. The fourth-order valence-electron chi connectivity index (χ4n) is 1.66. The zero-order chi connectivity index (χ0) is 14.7. The van der Waals surface area contributed by atoms with Gasteiger partial charge in [0.05, 0.1) is 15.7 Å². The first-order chi connectivity index (χ1) is 9.47. The number of nitrogens with one attached hydrogen (secondary N) is 1. The summed E-state index contributed by atoms with van der Waals surface area (Å²) in [6, 6.07) is 9.18. The number of rotatable bonds is 4. The molecule has 0 aliphatic carbocycles. The van der Waals surface area contributed by atoms with Crippen molar-refractivity contribution < 1.29 is 9.18 Å². The fraction of sp³-hybridized carbons (Fsp3) is 0.0714. The first-order valence-electron chi connectivity index (χ1n) is 5.74. The van der Waals surface area contributed by atoms with E-state index in [0.29, 0.717) is 28.4 Å². The molecule has 104 valence electrons. The molecule has 0 radical (unpaired) electrons. The third-order valence-corrected chi connectivity index (χ3v) is 3.35. The zero-order valence-electron chi connectivity index (χ0n) is 10.3. The van der Waals surface area contributed by atoms with Crippen molar-refractivity contribution >= 4 is 34.8 Å². The van der Waals surface area contributed by atoms with E-state index in [4.69, 9.17) is 28.9 Å². The van der Waals surface area contributed by atoms with Crippen LogP contribution in [0.1, 0.15) is 15.9 Å². The molecule has 6 heteroatoms. The Labute approximate surface area is 125 Å². The molecule has 0 aromatic heterocycles. The molecular weight excluding hydrogens is 302 g/mol. The van der Waals surface area contributed by atoms with Gasteiger partial charge in [-0.25, -0.2) is 4.39 Å². The van der Waals surface area contributed by atoms with Crippen molar-refractivity contribution in [3.63, 3.8) is 0 Å². The monoisotopic (exact) mass is 312 g/mol. The average molecular weight is 313 g/mol.